The fraction of sp³-hybridized carbons (Fsp3) is 0.786. The molecule has 2 rings (SSSR count). The van der Waals surface area contributed by atoms with Crippen LogP contribution in [0.1, 0.15) is 38.5 Å². The number of aryl methyl sites for hydroxylation is 1. The van der Waals surface area contributed by atoms with Gasteiger partial charge in [0.05, 0.1) is 0 Å². The van der Waals surface area contributed by atoms with Crippen molar-refractivity contribution < 1.29 is 0 Å². The minimum absolute atomic E-state index is 0.616. The predicted octanol–water partition coefficient (Wildman–Crippen LogP) is 2.37. The van der Waals surface area contributed by atoms with Gasteiger partial charge in [-0.1, -0.05) is 19.3 Å². The molecule has 0 aromatic carbocycles. The van der Waals surface area contributed by atoms with Gasteiger partial charge in [0.1, 0.15) is 5.82 Å². The lowest BCUT2D eigenvalue weighted by Gasteiger charge is -2.26. The number of nitrogen functional groups attached to an aromatic ring is 1. The molecule has 0 amide bonds. The molecule has 4 nitrogen and oxygen atoms in total. The first-order valence-corrected chi connectivity index (χ1v) is 7.21. The van der Waals surface area contributed by atoms with Gasteiger partial charge in [0, 0.05) is 19.3 Å². The fourth-order valence-corrected chi connectivity index (χ4v) is 2.91. The van der Waals surface area contributed by atoms with Crippen LogP contribution in [0.25, 0.3) is 0 Å². The van der Waals surface area contributed by atoms with Crippen molar-refractivity contribution in [2.24, 2.45) is 5.92 Å². The summed E-state index contributed by atoms with van der Waals surface area (Å²) in [6.07, 6.45) is 10.3. The van der Waals surface area contributed by atoms with E-state index < -0.39 is 0 Å². The van der Waals surface area contributed by atoms with Crippen molar-refractivity contribution >= 4 is 5.82 Å². The third kappa shape index (κ3) is 4.33. The first-order valence-electron chi connectivity index (χ1n) is 7.21. The number of hydrogen-bond donors (Lipinski definition) is 1. The number of aromatic nitrogens is 2. The SMILES string of the molecule is CN(CCCn1ccc(N)n1)CC1CCCCC1. The average Bonchev–Trinajstić information content (AvgIpc) is 2.76. The van der Waals surface area contributed by atoms with Crippen molar-refractivity contribution in [2.75, 3.05) is 25.9 Å². The first-order chi connectivity index (χ1) is 8.74. The molecule has 0 unspecified atom stereocenters. The molecule has 2 N–H and O–H groups in total. The molecule has 18 heavy (non-hydrogen) atoms. The lowest BCUT2D eigenvalue weighted by molar-refractivity contribution is 0.228. The lowest BCUT2D eigenvalue weighted by Crippen LogP contribution is -2.28. The van der Waals surface area contributed by atoms with Gasteiger partial charge in [-0.05, 0) is 44.8 Å². The summed E-state index contributed by atoms with van der Waals surface area (Å²) >= 11 is 0. The summed E-state index contributed by atoms with van der Waals surface area (Å²) < 4.78 is 1.93. The van der Waals surface area contributed by atoms with E-state index in [1.54, 1.807) is 0 Å². The maximum Gasteiger partial charge on any atom is 0.145 e. The van der Waals surface area contributed by atoms with Crippen LogP contribution in [0.4, 0.5) is 5.82 Å². The Morgan fingerprint density at radius 1 is 1.39 bits per heavy atom. The van der Waals surface area contributed by atoms with Gasteiger partial charge in [0.2, 0.25) is 0 Å². The standard InChI is InChI=1S/C14H26N4/c1-17(12-13-6-3-2-4-7-13)9-5-10-18-11-8-14(15)16-18/h8,11,13H,2-7,9-10,12H2,1H3,(H2,15,16). The number of hydrogen-bond acceptors (Lipinski definition) is 3. The summed E-state index contributed by atoms with van der Waals surface area (Å²) in [5, 5.41) is 4.20. The Hall–Kier alpha value is -1.03. The molecule has 1 aliphatic carbocycles. The van der Waals surface area contributed by atoms with Crippen LogP contribution in [0, 0.1) is 5.92 Å². The number of rotatable bonds is 6. The first kappa shape index (κ1) is 13.4. The van der Waals surface area contributed by atoms with Crippen LogP contribution < -0.4 is 5.73 Å². The molecular formula is C14H26N4. The third-order valence-corrected chi connectivity index (χ3v) is 3.88. The van der Waals surface area contributed by atoms with E-state index in [4.69, 9.17) is 5.73 Å². The molecule has 1 aromatic rings. The van der Waals surface area contributed by atoms with Crippen molar-refractivity contribution in [3.8, 4) is 0 Å². The summed E-state index contributed by atoms with van der Waals surface area (Å²) in [5.74, 6) is 1.55. The van der Waals surface area contributed by atoms with Gasteiger partial charge in [0.15, 0.2) is 0 Å². The van der Waals surface area contributed by atoms with Crippen LogP contribution in [0.2, 0.25) is 0 Å². The van der Waals surface area contributed by atoms with Crippen molar-refractivity contribution in [1.29, 1.82) is 0 Å². The van der Waals surface area contributed by atoms with Crippen LogP contribution in [-0.4, -0.2) is 34.8 Å². The van der Waals surface area contributed by atoms with E-state index in [1.807, 2.05) is 16.9 Å². The molecule has 0 bridgehead atoms. The summed E-state index contributed by atoms with van der Waals surface area (Å²) in [7, 11) is 2.24. The Morgan fingerprint density at radius 2 is 2.17 bits per heavy atom. The van der Waals surface area contributed by atoms with Gasteiger partial charge < -0.3 is 10.6 Å². The maximum atomic E-state index is 5.59. The van der Waals surface area contributed by atoms with Crippen molar-refractivity contribution in [2.45, 2.75) is 45.1 Å². The molecule has 0 saturated heterocycles. The number of nitrogens with two attached hydrogens (primary N) is 1. The molecule has 1 heterocycles. The summed E-state index contributed by atoms with van der Waals surface area (Å²) in [6.45, 7) is 3.38. The highest BCUT2D eigenvalue weighted by atomic mass is 15.3. The summed E-state index contributed by atoms with van der Waals surface area (Å²) in [4.78, 5) is 2.48. The zero-order valence-electron chi connectivity index (χ0n) is 11.5. The maximum absolute atomic E-state index is 5.59. The van der Waals surface area contributed by atoms with Crippen molar-refractivity contribution in [3.63, 3.8) is 0 Å². The Kier molecular flexibility index (Phi) is 5.05. The Labute approximate surface area is 110 Å². The molecule has 0 radical (unpaired) electrons. The van der Waals surface area contributed by atoms with E-state index in [2.05, 4.69) is 17.0 Å². The van der Waals surface area contributed by atoms with E-state index >= 15 is 0 Å². The largest absolute Gasteiger partial charge is 0.382 e. The molecule has 1 aromatic heterocycles. The third-order valence-electron chi connectivity index (χ3n) is 3.88. The van der Waals surface area contributed by atoms with Crippen LogP contribution in [0.15, 0.2) is 12.3 Å². The zero-order chi connectivity index (χ0) is 12.8. The second-order valence-corrected chi connectivity index (χ2v) is 5.62. The van der Waals surface area contributed by atoms with E-state index in [0.29, 0.717) is 5.82 Å². The fourth-order valence-electron chi connectivity index (χ4n) is 2.91. The summed E-state index contributed by atoms with van der Waals surface area (Å²) in [5.41, 5.74) is 5.59. The Morgan fingerprint density at radius 3 is 2.83 bits per heavy atom. The monoisotopic (exact) mass is 250 g/mol. The predicted molar refractivity (Wildman–Crippen MR) is 75.3 cm³/mol. The molecule has 0 aliphatic heterocycles. The van der Waals surface area contributed by atoms with Gasteiger partial charge in [-0.15, -0.1) is 0 Å². The van der Waals surface area contributed by atoms with Gasteiger partial charge in [-0.3, -0.25) is 4.68 Å². The van der Waals surface area contributed by atoms with Gasteiger partial charge in [-0.25, -0.2) is 0 Å². The second-order valence-electron chi connectivity index (χ2n) is 5.62. The molecule has 1 saturated carbocycles. The van der Waals surface area contributed by atoms with E-state index in [9.17, 15) is 0 Å². The minimum Gasteiger partial charge on any atom is -0.382 e. The Bertz CT molecular complexity index is 341. The molecular weight excluding hydrogens is 224 g/mol. The Balaban J connectivity index is 1.60. The average molecular weight is 250 g/mol. The molecule has 1 fully saturated rings. The van der Waals surface area contributed by atoms with Crippen LogP contribution in [0.3, 0.4) is 0 Å². The van der Waals surface area contributed by atoms with E-state index in [1.165, 1.54) is 38.6 Å². The zero-order valence-corrected chi connectivity index (χ0v) is 11.5. The summed E-state index contributed by atoms with van der Waals surface area (Å²) in [6, 6.07) is 1.85. The topological polar surface area (TPSA) is 47.1 Å². The van der Waals surface area contributed by atoms with Gasteiger partial charge >= 0.3 is 0 Å². The van der Waals surface area contributed by atoms with Gasteiger partial charge in [0.25, 0.3) is 0 Å². The van der Waals surface area contributed by atoms with Crippen LogP contribution in [-0.2, 0) is 6.54 Å². The number of anilines is 1. The van der Waals surface area contributed by atoms with Gasteiger partial charge in [-0.2, -0.15) is 5.10 Å². The number of nitrogens with zero attached hydrogens (tertiary/aromatic N) is 3. The normalized spacial score (nSPS) is 17.4. The lowest BCUT2D eigenvalue weighted by atomic mass is 9.89. The molecule has 4 heteroatoms. The van der Waals surface area contributed by atoms with Crippen LogP contribution in [0.5, 0.6) is 0 Å². The van der Waals surface area contributed by atoms with E-state index in [0.717, 1.165) is 25.4 Å². The quantitative estimate of drug-likeness (QED) is 0.843. The van der Waals surface area contributed by atoms with Crippen molar-refractivity contribution in [1.82, 2.24) is 14.7 Å². The molecule has 0 spiro atoms. The van der Waals surface area contributed by atoms with E-state index in [-0.39, 0.29) is 0 Å². The smallest absolute Gasteiger partial charge is 0.145 e. The molecule has 102 valence electrons. The highest BCUT2D eigenvalue weighted by Crippen LogP contribution is 2.24. The highest BCUT2D eigenvalue weighted by molar-refractivity contribution is 5.23. The molecule has 0 atom stereocenters. The molecule has 1 aliphatic rings. The van der Waals surface area contributed by atoms with Crippen molar-refractivity contribution in [3.05, 3.63) is 12.3 Å². The second kappa shape index (κ2) is 6.78. The van der Waals surface area contributed by atoms with Crippen LogP contribution >= 0.6 is 0 Å². The minimum atomic E-state index is 0.616. The highest BCUT2D eigenvalue weighted by Gasteiger charge is 2.14.